The molecule has 0 radical (unpaired) electrons. The van der Waals surface area contributed by atoms with Gasteiger partial charge < -0.3 is 9.47 Å². The predicted molar refractivity (Wildman–Crippen MR) is 53.1 cm³/mol. The normalized spacial score (nSPS) is 10.3. The number of ether oxygens (including phenoxy) is 2. The van der Waals surface area contributed by atoms with Gasteiger partial charge in [-0.25, -0.2) is 9.78 Å². The first-order valence-electron chi connectivity index (χ1n) is 4.37. The maximum absolute atomic E-state index is 11.4. The summed E-state index contributed by atoms with van der Waals surface area (Å²) in [7, 11) is 2.80. The highest BCUT2D eigenvalue weighted by molar-refractivity contribution is 5.91. The Kier molecular flexibility index (Phi) is 2.29. The van der Waals surface area contributed by atoms with E-state index in [1.54, 1.807) is 16.7 Å². The number of carbonyl (C=O) groups is 1. The van der Waals surface area contributed by atoms with Gasteiger partial charge in [0.1, 0.15) is 5.65 Å². The Morgan fingerprint density at radius 1 is 1.40 bits per heavy atom. The molecular formula is C10H10N2O3. The Labute approximate surface area is 86.3 Å². The molecule has 2 rings (SSSR count). The second-order valence-corrected chi connectivity index (χ2v) is 2.89. The SMILES string of the molecule is COC(=O)c1nc2ccccn2c1OC. The molecule has 0 atom stereocenters. The maximum Gasteiger partial charge on any atom is 0.362 e. The molecular weight excluding hydrogens is 196 g/mol. The smallest absolute Gasteiger partial charge is 0.362 e. The Morgan fingerprint density at radius 2 is 2.20 bits per heavy atom. The molecule has 0 spiro atoms. The molecule has 2 aromatic rings. The first-order chi connectivity index (χ1) is 7.27. The second-order valence-electron chi connectivity index (χ2n) is 2.89. The van der Waals surface area contributed by atoms with E-state index in [-0.39, 0.29) is 5.69 Å². The van der Waals surface area contributed by atoms with Crippen LogP contribution in [0.3, 0.4) is 0 Å². The van der Waals surface area contributed by atoms with E-state index in [0.29, 0.717) is 11.5 Å². The summed E-state index contributed by atoms with van der Waals surface area (Å²) >= 11 is 0. The van der Waals surface area contributed by atoms with Crippen LogP contribution in [-0.2, 0) is 4.74 Å². The number of imidazole rings is 1. The zero-order valence-corrected chi connectivity index (χ0v) is 8.43. The van der Waals surface area contributed by atoms with Gasteiger partial charge in [0.15, 0.2) is 0 Å². The lowest BCUT2D eigenvalue weighted by Gasteiger charge is -2.00. The first kappa shape index (κ1) is 9.51. The molecule has 0 amide bonds. The van der Waals surface area contributed by atoms with Gasteiger partial charge in [-0.3, -0.25) is 4.40 Å². The number of methoxy groups -OCH3 is 2. The van der Waals surface area contributed by atoms with Gasteiger partial charge in [-0.2, -0.15) is 0 Å². The zero-order valence-electron chi connectivity index (χ0n) is 8.43. The summed E-state index contributed by atoms with van der Waals surface area (Å²) in [5.41, 5.74) is 0.834. The Hall–Kier alpha value is -2.04. The van der Waals surface area contributed by atoms with Crippen molar-refractivity contribution in [2.45, 2.75) is 0 Å². The maximum atomic E-state index is 11.4. The van der Waals surface area contributed by atoms with Crippen molar-refractivity contribution < 1.29 is 14.3 Å². The summed E-state index contributed by atoms with van der Waals surface area (Å²) in [4.78, 5) is 15.5. The number of aromatic nitrogens is 2. The highest BCUT2D eigenvalue weighted by Gasteiger charge is 2.19. The Balaban J connectivity index is 2.69. The standard InChI is InChI=1S/C10H10N2O3/c1-14-9-8(10(13)15-2)11-7-5-3-4-6-12(7)9/h3-6H,1-2H3. The summed E-state index contributed by atoms with van der Waals surface area (Å²) in [6, 6.07) is 5.45. The summed E-state index contributed by atoms with van der Waals surface area (Å²) in [6.45, 7) is 0. The molecule has 0 saturated heterocycles. The predicted octanol–water partition coefficient (Wildman–Crippen LogP) is 1.13. The van der Waals surface area contributed by atoms with Crippen LogP contribution in [0, 0.1) is 0 Å². The van der Waals surface area contributed by atoms with Gasteiger partial charge in [-0.05, 0) is 12.1 Å². The largest absolute Gasteiger partial charge is 0.480 e. The van der Waals surface area contributed by atoms with Crippen molar-refractivity contribution in [3.05, 3.63) is 30.1 Å². The van der Waals surface area contributed by atoms with Crippen LogP contribution >= 0.6 is 0 Å². The molecule has 0 bridgehead atoms. The number of esters is 1. The summed E-state index contributed by atoms with van der Waals surface area (Å²) in [6.07, 6.45) is 1.77. The molecule has 0 unspecified atom stereocenters. The van der Waals surface area contributed by atoms with Crippen LogP contribution in [0.2, 0.25) is 0 Å². The van der Waals surface area contributed by atoms with Crippen LogP contribution in [0.5, 0.6) is 5.88 Å². The zero-order chi connectivity index (χ0) is 10.8. The molecule has 5 nitrogen and oxygen atoms in total. The third-order valence-electron chi connectivity index (χ3n) is 2.06. The Morgan fingerprint density at radius 3 is 2.87 bits per heavy atom. The van der Waals surface area contributed by atoms with E-state index < -0.39 is 5.97 Å². The molecule has 2 aromatic heterocycles. The number of rotatable bonds is 2. The van der Waals surface area contributed by atoms with Crippen LogP contribution in [-0.4, -0.2) is 29.6 Å². The van der Waals surface area contributed by atoms with E-state index in [4.69, 9.17) is 4.74 Å². The molecule has 0 aliphatic carbocycles. The number of pyridine rings is 1. The monoisotopic (exact) mass is 206 g/mol. The molecule has 2 heterocycles. The van der Waals surface area contributed by atoms with Crippen LogP contribution in [0.4, 0.5) is 0 Å². The molecule has 0 aliphatic heterocycles. The molecule has 0 fully saturated rings. The van der Waals surface area contributed by atoms with E-state index in [1.165, 1.54) is 14.2 Å². The van der Waals surface area contributed by atoms with Gasteiger partial charge in [0, 0.05) is 6.20 Å². The van der Waals surface area contributed by atoms with Crippen molar-refractivity contribution in [2.75, 3.05) is 14.2 Å². The lowest BCUT2D eigenvalue weighted by Crippen LogP contribution is -2.04. The molecule has 5 heteroatoms. The minimum absolute atomic E-state index is 0.186. The minimum atomic E-state index is -0.504. The highest BCUT2D eigenvalue weighted by Crippen LogP contribution is 2.20. The highest BCUT2D eigenvalue weighted by atomic mass is 16.5. The molecule has 78 valence electrons. The number of fused-ring (bicyclic) bond motifs is 1. The van der Waals surface area contributed by atoms with Crippen molar-refractivity contribution in [3.8, 4) is 5.88 Å². The molecule has 0 aliphatic rings. The van der Waals surface area contributed by atoms with Gasteiger partial charge in [0.05, 0.1) is 14.2 Å². The number of hydrogen-bond donors (Lipinski definition) is 0. The van der Waals surface area contributed by atoms with Gasteiger partial charge in [-0.15, -0.1) is 0 Å². The van der Waals surface area contributed by atoms with Crippen LogP contribution in [0.25, 0.3) is 5.65 Å². The van der Waals surface area contributed by atoms with E-state index >= 15 is 0 Å². The van der Waals surface area contributed by atoms with Crippen molar-refractivity contribution in [1.82, 2.24) is 9.38 Å². The van der Waals surface area contributed by atoms with E-state index in [9.17, 15) is 4.79 Å². The van der Waals surface area contributed by atoms with Crippen molar-refractivity contribution in [1.29, 1.82) is 0 Å². The number of carbonyl (C=O) groups excluding carboxylic acids is 1. The average Bonchev–Trinajstić information content (AvgIpc) is 2.66. The van der Waals surface area contributed by atoms with Gasteiger partial charge in [0.2, 0.25) is 11.6 Å². The van der Waals surface area contributed by atoms with Crippen LogP contribution < -0.4 is 4.74 Å². The second kappa shape index (κ2) is 3.61. The van der Waals surface area contributed by atoms with Crippen molar-refractivity contribution >= 4 is 11.6 Å². The third kappa shape index (κ3) is 1.41. The van der Waals surface area contributed by atoms with E-state index in [1.807, 2.05) is 12.1 Å². The molecule has 0 N–H and O–H groups in total. The third-order valence-corrected chi connectivity index (χ3v) is 2.06. The average molecular weight is 206 g/mol. The summed E-state index contributed by atoms with van der Waals surface area (Å²) < 4.78 is 11.4. The molecule has 15 heavy (non-hydrogen) atoms. The Bertz CT molecular complexity index is 504. The van der Waals surface area contributed by atoms with Crippen molar-refractivity contribution in [3.63, 3.8) is 0 Å². The fourth-order valence-corrected chi connectivity index (χ4v) is 1.40. The molecule has 0 saturated carbocycles. The van der Waals surface area contributed by atoms with Gasteiger partial charge >= 0.3 is 5.97 Å². The van der Waals surface area contributed by atoms with Crippen LogP contribution in [0.15, 0.2) is 24.4 Å². The van der Waals surface area contributed by atoms with E-state index in [0.717, 1.165) is 0 Å². The van der Waals surface area contributed by atoms with Crippen molar-refractivity contribution in [2.24, 2.45) is 0 Å². The molecule has 0 aromatic carbocycles. The van der Waals surface area contributed by atoms with Crippen LogP contribution in [0.1, 0.15) is 10.5 Å². The fourth-order valence-electron chi connectivity index (χ4n) is 1.40. The lowest BCUT2D eigenvalue weighted by molar-refractivity contribution is 0.0590. The summed E-state index contributed by atoms with van der Waals surface area (Å²) in [5, 5.41) is 0. The number of nitrogens with zero attached hydrogens (tertiary/aromatic N) is 2. The fraction of sp³-hybridized carbons (Fsp3) is 0.200. The topological polar surface area (TPSA) is 52.8 Å². The number of hydrogen-bond acceptors (Lipinski definition) is 4. The lowest BCUT2D eigenvalue weighted by atomic mass is 10.4. The van der Waals surface area contributed by atoms with Gasteiger partial charge in [0.25, 0.3) is 0 Å². The minimum Gasteiger partial charge on any atom is -0.480 e. The van der Waals surface area contributed by atoms with Gasteiger partial charge in [-0.1, -0.05) is 6.07 Å². The quantitative estimate of drug-likeness (QED) is 0.691. The first-order valence-corrected chi connectivity index (χ1v) is 4.37. The van der Waals surface area contributed by atoms with E-state index in [2.05, 4.69) is 9.72 Å². The summed E-state index contributed by atoms with van der Waals surface area (Å²) in [5.74, 6) is -0.118.